The molecule has 0 fully saturated rings. The van der Waals surface area contributed by atoms with Crippen molar-refractivity contribution in [3.05, 3.63) is 0 Å². The third-order valence-corrected chi connectivity index (χ3v) is 4.46. The zero-order valence-corrected chi connectivity index (χ0v) is 19.1. The van der Waals surface area contributed by atoms with Gasteiger partial charge in [0.1, 0.15) is 5.78 Å². The Morgan fingerprint density at radius 2 is 1.05 bits per heavy atom. The number of rotatable bonds is 14. The maximum atomic E-state index is 11.5. The smallest absolute Gasteiger partial charge is 0.549 e. The van der Waals surface area contributed by atoms with Crippen LogP contribution in [-0.2, 0) is 14.4 Å². The molecular formula is C13H20Na2O5S2. The van der Waals surface area contributed by atoms with Crippen LogP contribution in [-0.4, -0.2) is 40.7 Å². The van der Waals surface area contributed by atoms with Crippen LogP contribution in [0.5, 0.6) is 0 Å². The van der Waals surface area contributed by atoms with E-state index in [2.05, 4.69) is 0 Å². The number of ketones is 1. The van der Waals surface area contributed by atoms with Crippen molar-refractivity contribution in [1.29, 1.82) is 0 Å². The van der Waals surface area contributed by atoms with E-state index in [9.17, 15) is 24.6 Å². The van der Waals surface area contributed by atoms with Crippen LogP contribution in [0.15, 0.2) is 0 Å². The molecule has 0 saturated carbocycles. The van der Waals surface area contributed by atoms with Crippen LogP contribution in [0.25, 0.3) is 0 Å². The molecule has 0 aromatic rings. The molecule has 0 heterocycles. The van der Waals surface area contributed by atoms with Crippen LogP contribution < -0.4 is 69.3 Å². The van der Waals surface area contributed by atoms with Crippen LogP contribution in [0.2, 0.25) is 0 Å². The van der Waals surface area contributed by atoms with Gasteiger partial charge in [0, 0.05) is 24.3 Å². The minimum absolute atomic E-state index is 0. The Hall–Kier alpha value is 1.31. The Morgan fingerprint density at radius 1 is 0.682 bits per heavy atom. The quantitative estimate of drug-likeness (QED) is 0.223. The number of carbonyl (C=O) groups is 3. The summed E-state index contributed by atoms with van der Waals surface area (Å²) in [4.78, 5) is 31.8. The zero-order chi connectivity index (χ0) is 15.2. The van der Waals surface area contributed by atoms with E-state index in [0.717, 1.165) is 37.2 Å². The Morgan fingerprint density at radius 3 is 1.36 bits per heavy atom. The van der Waals surface area contributed by atoms with Gasteiger partial charge in [-0.3, -0.25) is 4.79 Å². The predicted octanol–water partition coefficient (Wildman–Crippen LogP) is -6.13. The van der Waals surface area contributed by atoms with E-state index in [1.54, 1.807) is 0 Å². The summed E-state index contributed by atoms with van der Waals surface area (Å²) in [6.45, 7) is 0. The fraction of sp³-hybridized carbons (Fsp3) is 0.769. The molecule has 22 heavy (non-hydrogen) atoms. The van der Waals surface area contributed by atoms with E-state index in [4.69, 9.17) is 0 Å². The van der Waals surface area contributed by atoms with Crippen molar-refractivity contribution in [3.63, 3.8) is 0 Å². The second-order valence-corrected chi connectivity index (χ2v) is 6.51. The monoisotopic (exact) mass is 366 g/mol. The van der Waals surface area contributed by atoms with Gasteiger partial charge in [-0.15, -0.1) is 0 Å². The number of aliphatic carboxylic acids is 2. The van der Waals surface area contributed by atoms with Crippen molar-refractivity contribution in [2.24, 2.45) is 0 Å². The molecule has 0 rings (SSSR count). The van der Waals surface area contributed by atoms with Crippen LogP contribution in [0.1, 0.15) is 38.5 Å². The van der Waals surface area contributed by atoms with Gasteiger partial charge in [-0.2, -0.15) is 23.5 Å². The van der Waals surface area contributed by atoms with Gasteiger partial charge in [0.15, 0.2) is 0 Å². The first-order valence-electron chi connectivity index (χ1n) is 6.59. The third-order valence-electron chi connectivity index (χ3n) is 2.43. The molecule has 9 heteroatoms. The van der Waals surface area contributed by atoms with Crippen molar-refractivity contribution < 1.29 is 83.7 Å². The number of unbranched alkanes of at least 4 members (excludes halogenated alkanes) is 2. The van der Waals surface area contributed by atoms with Crippen molar-refractivity contribution in [1.82, 2.24) is 0 Å². The van der Waals surface area contributed by atoms with Gasteiger partial charge in [0.25, 0.3) is 0 Å². The van der Waals surface area contributed by atoms with Gasteiger partial charge >= 0.3 is 59.1 Å². The second-order valence-electron chi connectivity index (χ2n) is 4.30. The van der Waals surface area contributed by atoms with E-state index in [1.807, 2.05) is 0 Å². The number of carbonyl (C=O) groups excluding carboxylic acids is 3. The van der Waals surface area contributed by atoms with Crippen molar-refractivity contribution in [3.8, 4) is 0 Å². The van der Waals surface area contributed by atoms with Gasteiger partial charge in [-0.05, 0) is 37.2 Å². The summed E-state index contributed by atoms with van der Waals surface area (Å²) >= 11 is 2.63. The van der Waals surface area contributed by atoms with E-state index in [-0.39, 0.29) is 76.4 Å². The first-order valence-corrected chi connectivity index (χ1v) is 8.90. The number of Topliss-reactive ketones (excluding diaryl/α,β-unsaturated/α-hetero) is 1. The molecule has 0 unspecified atom stereocenters. The first-order chi connectivity index (χ1) is 9.52. The number of carboxylic acid groups (broad SMARTS) is 2. The van der Waals surface area contributed by atoms with Crippen molar-refractivity contribution in [2.75, 3.05) is 23.0 Å². The SMILES string of the molecule is O=C([O-])CSCCCCC(=O)CCCCSCC(=O)[O-].[Na+].[Na+]. The minimum Gasteiger partial charge on any atom is -0.549 e. The molecule has 0 atom stereocenters. The van der Waals surface area contributed by atoms with E-state index < -0.39 is 11.9 Å². The molecule has 0 aliphatic heterocycles. The molecule has 5 nitrogen and oxygen atoms in total. The largest absolute Gasteiger partial charge is 1.00 e. The summed E-state index contributed by atoms with van der Waals surface area (Å²) in [5.74, 6) is -0.387. The molecular weight excluding hydrogens is 346 g/mol. The molecule has 0 aromatic carbocycles. The molecule has 0 radical (unpaired) electrons. The second kappa shape index (κ2) is 20.4. The van der Waals surface area contributed by atoms with Crippen LogP contribution in [0, 0.1) is 0 Å². The molecule has 0 spiro atoms. The van der Waals surface area contributed by atoms with E-state index >= 15 is 0 Å². The Bertz CT molecular complexity index is 289. The number of hydrogen-bond donors (Lipinski definition) is 0. The van der Waals surface area contributed by atoms with Gasteiger partial charge in [0.05, 0.1) is 11.9 Å². The topological polar surface area (TPSA) is 97.3 Å². The molecule has 0 saturated heterocycles. The Balaban J connectivity index is -0.00000180. The Labute approximate surface area is 184 Å². The fourth-order valence-corrected chi connectivity index (χ4v) is 2.93. The van der Waals surface area contributed by atoms with Crippen molar-refractivity contribution in [2.45, 2.75) is 38.5 Å². The summed E-state index contributed by atoms with van der Waals surface area (Å²) < 4.78 is 0. The first kappa shape index (κ1) is 28.1. The van der Waals surface area contributed by atoms with Gasteiger partial charge in [0.2, 0.25) is 0 Å². The molecule has 0 amide bonds. The molecule has 116 valence electrons. The van der Waals surface area contributed by atoms with Crippen LogP contribution in [0.4, 0.5) is 0 Å². The average Bonchev–Trinajstić information content (AvgIpc) is 2.37. The van der Waals surface area contributed by atoms with Crippen molar-refractivity contribution >= 4 is 41.2 Å². The number of carboxylic acids is 2. The summed E-state index contributed by atoms with van der Waals surface area (Å²) in [7, 11) is 0. The third kappa shape index (κ3) is 23.6. The van der Waals surface area contributed by atoms with Crippen LogP contribution >= 0.6 is 23.5 Å². The summed E-state index contributed by atoms with van der Waals surface area (Å²) in [6.07, 6.45) is 4.34. The fourth-order valence-electron chi connectivity index (χ4n) is 1.49. The minimum atomic E-state index is -1.05. The summed E-state index contributed by atoms with van der Waals surface area (Å²) in [5, 5.41) is 20.3. The van der Waals surface area contributed by atoms with E-state index in [1.165, 1.54) is 23.5 Å². The van der Waals surface area contributed by atoms with Gasteiger partial charge in [-0.1, -0.05) is 0 Å². The maximum Gasteiger partial charge on any atom is 1.00 e. The number of thioether (sulfide) groups is 2. The molecule has 0 aliphatic rings. The average molecular weight is 366 g/mol. The summed E-state index contributed by atoms with van der Waals surface area (Å²) in [5.41, 5.74) is 0. The molecule has 0 N–H and O–H groups in total. The normalized spacial score (nSPS) is 9.45. The van der Waals surface area contributed by atoms with Crippen LogP contribution in [0.3, 0.4) is 0 Å². The maximum absolute atomic E-state index is 11.5. The van der Waals surface area contributed by atoms with Gasteiger partial charge in [-0.25, -0.2) is 0 Å². The Kier molecular flexibility index (Phi) is 26.0. The zero-order valence-electron chi connectivity index (χ0n) is 13.4. The molecule has 0 aliphatic carbocycles. The standard InChI is InChI=1S/C13H22O5S2.2Na/c14-11(5-1-3-7-19-9-12(15)16)6-2-4-8-20-10-13(17)18;;/h1-10H2,(H,15,16)(H,17,18);;/q;2*+1/p-2. The molecule has 0 bridgehead atoms. The molecule has 0 aromatic heterocycles. The summed E-state index contributed by atoms with van der Waals surface area (Å²) in [6, 6.07) is 0. The van der Waals surface area contributed by atoms with Gasteiger partial charge < -0.3 is 19.8 Å². The van der Waals surface area contributed by atoms with E-state index in [0.29, 0.717) is 12.8 Å². The predicted molar refractivity (Wildman–Crippen MR) is 77.4 cm³/mol. The number of hydrogen-bond acceptors (Lipinski definition) is 7.